The summed E-state index contributed by atoms with van der Waals surface area (Å²) in [5.41, 5.74) is -0.446. The molecule has 1 aromatic carbocycles. The summed E-state index contributed by atoms with van der Waals surface area (Å²) in [6.07, 6.45) is 2.98. The van der Waals surface area contributed by atoms with E-state index in [9.17, 15) is 14.4 Å². The molecule has 2 amide bonds. The molecule has 2 aromatic rings. The molecule has 0 aliphatic carbocycles. The van der Waals surface area contributed by atoms with E-state index in [1.165, 1.54) is 12.4 Å². The van der Waals surface area contributed by atoms with Crippen molar-refractivity contribution in [1.29, 1.82) is 0 Å². The van der Waals surface area contributed by atoms with Crippen LogP contribution in [0.3, 0.4) is 0 Å². The van der Waals surface area contributed by atoms with Gasteiger partial charge in [-0.05, 0) is 40.7 Å². The molecule has 156 valence electrons. The van der Waals surface area contributed by atoms with E-state index in [0.29, 0.717) is 5.75 Å². The zero-order valence-corrected chi connectivity index (χ0v) is 17.8. The van der Waals surface area contributed by atoms with Gasteiger partial charge in [-0.2, -0.15) is 0 Å². The molecule has 0 spiro atoms. The molecule has 29 heavy (non-hydrogen) atoms. The molecule has 0 saturated carbocycles. The number of carbonyl (C=O) groups excluding carboxylic acids is 2. The molecule has 0 bridgehead atoms. The van der Waals surface area contributed by atoms with Gasteiger partial charge < -0.3 is 19.9 Å². The van der Waals surface area contributed by atoms with Gasteiger partial charge in [0, 0.05) is 36.1 Å². The van der Waals surface area contributed by atoms with Crippen LogP contribution < -0.4 is 20.8 Å². The molecule has 7 heteroatoms. The third kappa shape index (κ3) is 5.70. The van der Waals surface area contributed by atoms with Crippen molar-refractivity contribution in [3.63, 3.8) is 0 Å². The van der Waals surface area contributed by atoms with Crippen molar-refractivity contribution < 1.29 is 14.3 Å². The Kier molecular flexibility index (Phi) is 6.84. The highest BCUT2D eigenvalue weighted by Crippen LogP contribution is 2.17. The summed E-state index contributed by atoms with van der Waals surface area (Å²) in [5.74, 6) is -0.400. The first-order valence-corrected chi connectivity index (χ1v) is 9.52. The molecule has 0 unspecified atom stereocenters. The summed E-state index contributed by atoms with van der Waals surface area (Å²) >= 11 is 0. The molecule has 0 aliphatic heterocycles. The second kappa shape index (κ2) is 8.94. The number of aromatic nitrogens is 1. The average molecular weight is 399 g/mol. The smallest absolute Gasteiger partial charge is 0.257 e. The minimum atomic E-state index is -0.596. The molecule has 0 aliphatic rings. The topological polar surface area (TPSA) is 89.4 Å². The number of pyridine rings is 1. The van der Waals surface area contributed by atoms with Crippen LogP contribution in [0, 0.1) is 0 Å². The number of amides is 2. The van der Waals surface area contributed by atoms with Gasteiger partial charge in [0.15, 0.2) is 0 Å². The lowest BCUT2D eigenvalue weighted by molar-refractivity contribution is 0.0917. The van der Waals surface area contributed by atoms with Crippen LogP contribution in [0.15, 0.2) is 41.5 Å². The van der Waals surface area contributed by atoms with Crippen LogP contribution >= 0.6 is 0 Å². The number of carbonyl (C=O) groups is 2. The monoisotopic (exact) mass is 399 g/mol. The van der Waals surface area contributed by atoms with Crippen molar-refractivity contribution in [2.45, 2.75) is 52.7 Å². The van der Waals surface area contributed by atoms with Gasteiger partial charge in [0.1, 0.15) is 16.9 Å². The van der Waals surface area contributed by atoms with Crippen LogP contribution in [-0.4, -0.2) is 29.0 Å². The lowest BCUT2D eigenvalue weighted by Crippen LogP contribution is -2.43. The minimum absolute atomic E-state index is 0.0300. The summed E-state index contributed by atoms with van der Waals surface area (Å²) in [5, 5.41) is 5.53. The number of nitrogens with one attached hydrogen (secondary N) is 2. The van der Waals surface area contributed by atoms with E-state index >= 15 is 0 Å². The summed E-state index contributed by atoms with van der Waals surface area (Å²) in [7, 11) is 1.55. The summed E-state index contributed by atoms with van der Waals surface area (Å²) in [6.45, 7) is 9.50. The van der Waals surface area contributed by atoms with Crippen molar-refractivity contribution in [2.75, 3.05) is 7.11 Å². The molecule has 0 fully saturated rings. The molecule has 7 nitrogen and oxygen atoms in total. The first kappa shape index (κ1) is 22.2. The molecule has 2 N–H and O–H groups in total. The first-order chi connectivity index (χ1) is 13.5. The molecule has 0 saturated heterocycles. The van der Waals surface area contributed by atoms with Gasteiger partial charge in [0.2, 0.25) is 5.43 Å². The number of para-hydroxylation sites is 1. The lowest BCUT2D eigenvalue weighted by Gasteiger charge is -2.21. The molecule has 0 radical (unpaired) electrons. The van der Waals surface area contributed by atoms with Gasteiger partial charge in [-0.3, -0.25) is 14.4 Å². The van der Waals surface area contributed by atoms with Gasteiger partial charge in [-0.1, -0.05) is 18.2 Å². The Bertz CT molecular complexity index is 955. The van der Waals surface area contributed by atoms with Crippen LogP contribution in [0.5, 0.6) is 5.75 Å². The predicted molar refractivity (Wildman–Crippen MR) is 112 cm³/mol. The number of ether oxygens (including phenoxy) is 1. The number of hydrogen-bond acceptors (Lipinski definition) is 4. The Balaban J connectivity index is 2.36. The molecule has 0 atom stereocenters. The number of hydrogen-bond donors (Lipinski definition) is 2. The van der Waals surface area contributed by atoms with Crippen LogP contribution in [-0.2, 0) is 6.54 Å². The number of benzene rings is 1. The zero-order valence-electron chi connectivity index (χ0n) is 17.8. The molecule has 1 heterocycles. The molecular formula is C22H29N3O4. The Hall–Kier alpha value is -3.09. The minimum Gasteiger partial charge on any atom is -0.496 e. The van der Waals surface area contributed by atoms with Crippen LogP contribution in [0.2, 0.25) is 0 Å². The molecular weight excluding hydrogens is 370 g/mol. The normalized spacial score (nSPS) is 11.3. The number of methoxy groups -OCH3 is 1. The highest BCUT2D eigenvalue weighted by atomic mass is 16.5. The quantitative estimate of drug-likeness (QED) is 0.782. The lowest BCUT2D eigenvalue weighted by atomic mass is 10.1. The standard InChI is InChI=1S/C22H29N3O4/c1-14(2)25-12-16(19(26)17(13-25)21(28)24-22(3,4)5)20(27)23-11-15-9-7-8-10-18(15)29-6/h7-10,12-14H,11H2,1-6H3,(H,23,27)(H,24,28). The Morgan fingerprint density at radius 3 is 2.21 bits per heavy atom. The maximum Gasteiger partial charge on any atom is 0.257 e. The van der Waals surface area contributed by atoms with Crippen LogP contribution in [0.4, 0.5) is 0 Å². The zero-order chi connectivity index (χ0) is 21.8. The van der Waals surface area contributed by atoms with E-state index < -0.39 is 22.8 Å². The van der Waals surface area contributed by atoms with E-state index in [2.05, 4.69) is 10.6 Å². The molecule has 1 aromatic heterocycles. The van der Waals surface area contributed by atoms with Crippen LogP contribution in [0.25, 0.3) is 0 Å². The number of rotatable bonds is 6. The van der Waals surface area contributed by atoms with Gasteiger partial charge in [0.25, 0.3) is 11.8 Å². The summed E-state index contributed by atoms with van der Waals surface area (Å²) in [6, 6.07) is 7.27. The van der Waals surface area contributed by atoms with Crippen molar-refractivity contribution in [2.24, 2.45) is 0 Å². The van der Waals surface area contributed by atoms with Crippen molar-refractivity contribution in [3.8, 4) is 5.75 Å². The van der Waals surface area contributed by atoms with E-state index in [1.807, 2.05) is 52.8 Å². The van der Waals surface area contributed by atoms with E-state index in [1.54, 1.807) is 17.7 Å². The highest BCUT2D eigenvalue weighted by molar-refractivity contribution is 5.99. The summed E-state index contributed by atoms with van der Waals surface area (Å²) < 4.78 is 6.98. The second-order valence-corrected chi connectivity index (χ2v) is 8.15. The predicted octanol–water partition coefficient (Wildman–Crippen LogP) is 2.90. The second-order valence-electron chi connectivity index (χ2n) is 8.15. The fourth-order valence-corrected chi connectivity index (χ4v) is 2.75. The van der Waals surface area contributed by atoms with Gasteiger partial charge in [-0.15, -0.1) is 0 Å². The van der Waals surface area contributed by atoms with E-state index in [-0.39, 0.29) is 23.7 Å². The third-order valence-electron chi connectivity index (χ3n) is 4.25. The van der Waals surface area contributed by atoms with Gasteiger partial charge >= 0.3 is 0 Å². The highest BCUT2D eigenvalue weighted by Gasteiger charge is 2.23. The SMILES string of the molecule is COc1ccccc1CNC(=O)c1cn(C(C)C)cc(C(=O)NC(C)(C)C)c1=O. The Morgan fingerprint density at radius 2 is 1.66 bits per heavy atom. The largest absolute Gasteiger partial charge is 0.496 e. The summed E-state index contributed by atoms with van der Waals surface area (Å²) in [4.78, 5) is 38.3. The fraction of sp³-hybridized carbons (Fsp3) is 0.409. The maximum absolute atomic E-state index is 12.9. The van der Waals surface area contributed by atoms with Crippen molar-refractivity contribution in [1.82, 2.24) is 15.2 Å². The fourth-order valence-electron chi connectivity index (χ4n) is 2.75. The average Bonchev–Trinajstić information content (AvgIpc) is 2.64. The van der Waals surface area contributed by atoms with E-state index in [4.69, 9.17) is 4.74 Å². The number of nitrogens with zero attached hydrogens (tertiary/aromatic N) is 1. The molecule has 2 rings (SSSR count). The maximum atomic E-state index is 12.9. The van der Waals surface area contributed by atoms with Crippen molar-refractivity contribution >= 4 is 11.8 Å². The third-order valence-corrected chi connectivity index (χ3v) is 4.25. The van der Waals surface area contributed by atoms with Gasteiger partial charge in [0.05, 0.1) is 7.11 Å². The van der Waals surface area contributed by atoms with Crippen molar-refractivity contribution in [3.05, 3.63) is 63.6 Å². The Labute approximate surface area is 171 Å². The first-order valence-electron chi connectivity index (χ1n) is 9.52. The van der Waals surface area contributed by atoms with Crippen LogP contribution in [0.1, 0.15) is 66.9 Å². The van der Waals surface area contributed by atoms with E-state index in [0.717, 1.165) is 5.56 Å². The Morgan fingerprint density at radius 1 is 1.07 bits per heavy atom. The van der Waals surface area contributed by atoms with Gasteiger partial charge in [-0.25, -0.2) is 0 Å².